The van der Waals surface area contributed by atoms with Gasteiger partial charge in [0.2, 0.25) is 0 Å². The molecule has 0 aliphatic carbocycles. The Bertz CT molecular complexity index is 545. The van der Waals surface area contributed by atoms with Crippen LogP contribution in [0.25, 0.3) is 5.57 Å². The van der Waals surface area contributed by atoms with Gasteiger partial charge < -0.3 is 0 Å². The van der Waals surface area contributed by atoms with Gasteiger partial charge in [-0.15, -0.1) is 0 Å². The molecule has 0 fully saturated rings. The van der Waals surface area contributed by atoms with Crippen molar-refractivity contribution < 1.29 is 0 Å². The summed E-state index contributed by atoms with van der Waals surface area (Å²) in [6.45, 7) is 10.6. The Labute approximate surface area is 104 Å². The third-order valence-corrected chi connectivity index (χ3v) is 3.26. The molecule has 0 saturated carbocycles. The van der Waals surface area contributed by atoms with Gasteiger partial charge in [0.05, 0.1) is 0 Å². The second-order valence-corrected chi connectivity index (χ2v) is 4.64. The highest BCUT2D eigenvalue weighted by Crippen LogP contribution is 2.23. The van der Waals surface area contributed by atoms with Crippen molar-refractivity contribution in [3.05, 3.63) is 76.9 Å². The summed E-state index contributed by atoms with van der Waals surface area (Å²) in [6, 6.07) is 15.0. The molecule has 2 aromatic rings. The maximum atomic E-state index is 4.20. The first-order valence-electron chi connectivity index (χ1n) is 5.91. The molecule has 2 aromatic carbocycles. The topological polar surface area (TPSA) is 0 Å². The van der Waals surface area contributed by atoms with Crippen molar-refractivity contribution in [2.24, 2.45) is 0 Å². The molecular weight excluding hydrogens is 204 g/mol. The van der Waals surface area contributed by atoms with Crippen LogP contribution in [-0.2, 0) is 0 Å². The number of hydrogen-bond donors (Lipinski definition) is 0. The Morgan fingerprint density at radius 1 is 0.765 bits per heavy atom. The van der Waals surface area contributed by atoms with Gasteiger partial charge in [0.25, 0.3) is 0 Å². The van der Waals surface area contributed by atoms with E-state index in [-0.39, 0.29) is 0 Å². The van der Waals surface area contributed by atoms with Gasteiger partial charge in [0.15, 0.2) is 0 Å². The molecule has 0 heterocycles. The third-order valence-electron chi connectivity index (χ3n) is 3.26. The Morgan fingerprint density at radius 3 is 1.94 bits per heavy atom. The molecule has 2 rings (SSSR count). The van der Waals surface area contributed by atoms with E-state index < -0.39 is 0 Å². The maximum Gasteiger partial charge on any atom is -0.0181 e. The summed E-state index contributed by atoms with van der Waals surface area (Å²) in [4.78, 5) is 0. The van der Waals surface area contributed by atoms with Crippen molar-refractivity contribution in [3.8, 4) is 0 Å². The van der Waals surface area contributed by atoms with Crippen LogP contribution in [0.4, 0.5) is 0 Å². The van der Waals surface area contributed by atoms with E-state index in [0.717, 1.165) is 5.57 Å². The standard InChI is InChI=1S/C17H18/c1-12-5-8-16(9-6-12)15(4)17-10-7-13(2)14(3)11-17/h5-11H,4H2,1-3H3. The van der Waals surface area contributed by atoms with Crippen LogP contribution in [-0.4, -0.2) is 0 Å². The molecule has 0 heteroatoms. The van der Waals surface area contributed by atoms with Gasteiger partial charge in [-0.2, -0.15) is 0 Å². The van der Waals surface area contributed by atoms with Crippen LogP contribution in [0.5, 0.6) is 0 Å². The van der Waals surface area contributed by atoms with Gasteiger partial charge in [-0.05, 0) is 48.6 Å². The Balaban J connectivity index is 2.37. The lowest BCUT2D eigenvalue weighted by atomic mass is 9.96. The van der Waals surface area contributed by atoms with Crippen LogP contribution in [0.1, 0.15) is 27.8 Å². The fourth-order valence-corrected chi connectivity index (χ4v) is 1.85. The van der Waals surface area contributed by atoms with Crippen molar-refractivity contribution in [2.45, 2.75) is 20.8 Å². The van der Waals surface area contributed by atoms with Crippen molar-refractivity contribution in [3.63, 3.8) is 0 Å². The highest BCUT2D eigenvalue weighted by atomic mass is 14.1. The van der Waals surface area contributed by atoms with Gasteiger partial charge >= 0.3 is 0 Å². The summed E-state index contributed by atoms with van der Waals surface area (Å²) in [6.07, 6.45) is 0. The van der Waals surface area contributed by atoms with E-state index in [9.17, 15) is 0 Å². The molecule has 0 amide bonds. The molecule has 0 saturated heterocycles. The molecule has 0 radical (unpaired) electrons. The normalized spacial score (nSPS) is 10.3. The van der Waals surface area contributed by atoms with Gasteiger partial charge in [-0.3, -0.25) is 0 Å². The average Bonchev–Trinajstić information content (AvgIpc) is 2.33. The molecule has 0 N–H and O–H groups in total. The van der Waals surface area contributed by atoms with Crippen LogP contribution < -0.4 is 0 Å². The van der Waals surface area contributed by atoms with Crippen molar-refractivity contribution >= 4 is 5.57 Å². The van der Waals surface area contributed by atoms with E-state index >= 15 is 0 Å². The van der Waals surface area contributed by atoms with E-state index in [2.05, 4.69) is 69.8 Å². The summed E-state index contributed by atoms with van der Waals surface area (Å²) in [7, 11) is 0. The predicted molar refractivity (Wildman–Crippen MR) is 75.2 cm³/mol. The third kappa shape index (κ3) is 2.47. The van der Waals surface area contributed by atoms with E-state index in [0.29, 0.717) is 0 Å². The smallest absolute Gasteiger partial charge is 0.0181 e. The van der Waals surface area contributed by atoms with E-state index in [1.807, 2.05) is 0 Å². The maximum absolute atomic E-state index is 4.20. The minimum Gasteiger partial charge on any atom is -0.0906 e. The van der Waals surface area contributed by atoms with E-state index in [1.54, 1.807) is 0 Å². The Kier molecular flexibility index (Phi) is 3.14. The van der Waals surface area contributed by atoms with Crippen molar-refractivity contribution in [1.29, 1.82) is 0 Å². The van der Waals surface area contributed by atoms with Crippen LogP contribution in [0.3, 0.4) is 0 Å². The lowest BCUT2D eigenvalue weighted by Crippen LogP contribution is -1.89. The summed E-state index contributed by atoms with van der Waals surface area (Å²) in [5.74, 6) is 0. The molecule has 0 spiro atoms. The quantitative estimate of drug-likeness (QED) is 0.692. The number of rotatable bonds is 2. The SMILES string of the molecule is C=C(c1ccc(C)cc1)c1ccc(C)c(C)c1. The van der Waals surface area contributed by atoms with Gasteiger partial charge in [0, 0.05) is 0 Å². The van der Waals surface area contributed by atoms with Crippen LogP contribution in [0, 0.1) is 20.8 Å². The summed E-state index contributed by atoms with van der Waals surface area (Å²) < 4.78 is 0. The zero-order valence-corrected chi connectivity index (χ0v) is 10.7. The number of benzene rings is 2. The highest BCUT2D eigenvalue weighted by molar-refractivity contribution is 5.78. The molecule has 0 aliphatic rings. The van der Waals surface area contributed by atoms with Gasteiger partial charge in [0.1, 0.15) is 0 Å². The molecular formula is C17H18. The summed E-state index contributed by atoms with van der Waals surface area (Å²) in [5.41, 5.74) is 7.41. The number of hydrogen-bond acceptors (Lipinski definition) is 0. The monoisotopic (exact) mass is 222 g/mol. The minimum atomic E-state index is 1.09. The first-order valence-corrected chi connectivity index (χ1v) is 5.91. The average molecular weight is 222 g/mol. The van der Waals surface area contributed by atoms with Crippen LogP contribution in [0.15, 0.2) is 49.0 Å². The highest BCUT2D eigenvalue weighted by Gasteiger charge is 2.03. The zero-order valence-electron chi connectivity index (χ0n) is 10.7. The van der Waals surface area contributed by atoms with Gasteiger partial charge in [-0.25, -0.2) is 0 Å². The first-order chi connectivity index (χ1) is 8.08. The number of aryl methyl sites for hydroxylation is 3. The largest absolute Gasteiger partial charge is 0.0906 e. The lowest BCUT2D eigenvalue weighted by molar-refractivity contribution is 1.33. The fourth-order valence-electron chi connectivity index (χ4n) is 1.85. The molecule has 0 aromatic heterocycles. The Morgan fingerprint density at radius 2 is 1.35 bits per heavy atom. The van der Waals surface area contributed by atoms with Gasteiger partial charge in [-0.1, -0.05) is 54.6 Å². The zero-order chi connectivity index (χ0) is 12.4. The second-order valence-electron chi connectivity index (χ2n) is 4.64. The van der Waals surface area contributed by atoms with Crippen molar-refractivity contribution in [1.82, 2.24) is 0 Å². The molecule has 0 atom stereocenters. The second kappa shape index (κ2) is 4.58. The minimum absolute atomic E-state index is 1.09. The molecule has 0 unspecified atom stereocenters. The van der Waals surface area contributed by atoms with E-state index in [1.165, 1.54) is 27.8 Å². The summed E-state index contributed by atoms with van der Waals surface area (Å²) >= 11 is 0. The summed E-state index contributed by atoms with van der Waals surface area (Å²) in [5, 5.41) is 0. The molecule has 86 valence electrons. The molecule has 0 nitrogen and oxygen atoms in total. The van der Waals surface area contributed by atoms with Crippen LogP contribution in [0.2, 0.25) is 0 Å². The predicted octanol–water partition coefficient (Wildman–Crippen LogP) is 4.67. The van der Waals surface area contributed by atoms with E-state index in [4.69, 9.17) is 0 Å². The van der Waals surface area contributed by atoms with Crippen molar-refractivity contribution in [2.75, 3.05) is 0 Å². The molecule has 0 bridgehead atoms. The molecule has 17 heavy (non-hydrogen) atoms. The fraction of sp³-hybridized carbons (Fsp3) is 0.176. The first kappa shape index (κ1) is 11.7. The van der Waals surface area contributed by atoms with Crippen LogP contribution >= 0.6 is 0 Å². The lowest BCUT2D eigenvalue weighted by Gasteiger charge is -2.09. The Hall–Kier alpha value is -1.82. The molecule has 0 aliphatic heterocycles.